The summed E-state index contributed by atoms with van der Waals surface area (Å²) in [5.74, 6) is 1.20. The van der Waals surface area contributed by atoms with Gasteiger partial charge in [0.2, 0.25) is 0 Å². The second-order valence-electron chi connectivity index (χ2n) is 9.99. The molecular formula is C27H36N4O2S. The highest BCUT2D eigenvalue weighted by Crippen LogP contribution is 2.47. The molecule has 182 valence electrons. The summed E-state index contributed by atoms with van der Waals surface area (Å²) in [6.07, 6.45) is 3.40. The molecule has 0 saturated heterocycles. The predicted molar refractivity (Wildman–Crippen MR) is 141 cm³/mol. The van der Waals surface area contributed by atoms with Crippen molar-refractivity contribution in [3.8, 4) is 0 Å². The molecule has 0 radical (unpaired) electrons. The second kappa shape index (κ2) is 9.98. The molecule has 0 amide bonds. The van der Waals surface area contributed by atoms with Crippen molar-refractivity contribution >= 4 is 29.1 Å². The van der Waals surface area contributed by atoms with E-state index in [-0.39, 0.29) is 16.8 Å². The van der Waals surface area contributed by atoms with Crippen LogP contribution in [0.15, 0.2) is 45.5 Å². The van der Waals surface area contributed by atoms with Gasteiger partial charge in [0.15, 0.2) is 10.9 Å². The van der Waals surface area contributed by atoms with Gasteiger partial charge in [0.05, 0.1) is 5.56 Å². The summed E-state index contributed by atoms with van der Waals surface area (Å²) < 4.78 is 0. The van der Waals surface area contributed by atoms with Gasteiger partial charge in [-0.3, -0.25) is 9.59 Å². The molecule has 2 heterocycles. The topological polar surface area (TPSA) is 78.1 Å². The maximum Gasteiger partial charge on any atom is 0.257 e. The third kappa shape index (κ3) is 4.81. The molecule has 6 nitrogen and oxygen atoms in total. The van der Waals surface area contributed by atoms with Gasteiger partial charge in [-0.05, 0) is 49.8 Å². The van der Waals surface area contributed by atoms with Gasteiger partial charge in [0, 0.05) is 48.1 Å². The zero-order valence-corrected chi connectivity index (χ0v) is 21.8. The Labute approximate surface area is 206 Å². The Bertz CT molecular complexity index is 1150. The summed E-state index contributed by atoms with van der Waals surface area (Å²) in [5, 5.41) is 4.04. The Morgan fingerprint density at radius 2 is 1.79 bits per heavy atom. The fourth-order valence-corrected chi connectivity index (χ4v) is 6.02. The molecule has 4 rings (SSSR count). The minimum atomic E-state index is -0.411. The molecule has 0 bridgehead atoms. The van der Waals surface area contributed by atoms with Gasteiger partial charge < -0.3 is 15.2 Å². The summed E-state index contributed by atoms with van der Waals surface area (Å²) in [6.45, 7) is 12.5. The molecule has 0 saturated carbocycles. The maximum absolute atomic E-state index is 13.4. The molecule has 7 heteroatoms. The van der Waals surface area contributed by atoms with E-state index in [4.69, 9.17) is 4.98 Å². The first-order valence-corrected chi connectivity index (χ1v) is 13.4. The highest BCUT2D eigenvalue weighted by Gasteiger charge is 2.42. The van der Waals surface area contributed by atoms with Crippen LogP contribution in [-0.4, -0.2) is 34.6 Å². The van der Waals surface area contributed by atoms with Gasteiger partial charge in [0.1, 0.15) is 5.82 Å². The minimum Gasteiger partial charge on any atom is -0.372 e. The Morgan fingerprint density at radius 3 is 2.44 bits per heavy atom. The smallest absolute Gasteiger partial charge is 0.257 e. The van der Waals surface area contributed by atoms with Crippen LogP contribution >= 0.6 is 11.8 Å². The number of carbonyl (C=O) groups is 1. The number of Topliss-reactive ketones (excluding diaryl/α,β-unsaturated/α-hetero) is 1. The first-order valence-electron chi connectivity index (χ1n) is 12.4. The summed E-state index contributed by atoms with van der Waals surface area (Å²) in [4.78, 5) is 36.9. The lowest BCUT2D eigenvalue weighted by Gasteiger charge is -2.38. The Balaban J connectivity index is 1.82. The van der Waals surface area contributed by atoms with Gasteiger partial charge in [-0.25, -0.2) is 4.98 Å². The number of thioether (sulfide) groups is 1. The summed E-state index contributed by atoms with van der Waals surface area (Å²) in [5.41, 5.74) is 3.98. The number of unbranched alkanes of at least 4 members (excludes halogenated alkanes) is 1. The van der Waals surface area contributed by atoms with E-state index in [9.17, 15) is 9.59 Å². The SMILES string of the molecule is CCCCSc1nc2c(c(=O)[nH]1)C(c1ccc(N(CC)CC)cc1)C1=C(CC(C)(C)CC1=O)N2. The van der Waals surface area contributed by atoms with E-state index in [2.05, 4.69) is 74.1 Å². The quantitative estimate of drug-likeness (QED) is 0.286. The van der Waals surface area contributed by atoms with Gasteiger partial charge >= 0.3 is 0 Å². The van der Waals surface area contributed by atoms with Gasteiger partial charge in [-0.2, -0.15) is 0 Å². The van der Waals surface area contributed by atoms with Crippen molar-refractivity contribution in [2.75, 3.05) is 29.1 Å². The van der Waals surface area contributed by atoms with Crippen molar-refractivity contribution < 1.29 is 4.79 Å². The van der Waals surface area contributed by atoms with Crippen LogP contribution in [0.25, 0.3) is 0 Å². The number of aromatic amines is 1. The van der Waals surface area contributed by atoms with Crippen LogP contribution in [0.1, 0.15) is 77.3 Å². The standard InChI is InChI=1S/C27H36N4O2S/c1-6-9-14-34-26-29-24-23(25(33)30-26)21(17-10-12-18(13-11-17)31(7-2)8-3)22-19(28-24)15-27(4,5)16-20(22)32/h10-13,21H,6-9,14-16H2,1-5H3,(H2,28,29,30,33). The minimum absolute atomic E-state index is 0.114. The average Bonchev–Trinajstić information content (AvgIpc) is 2.78. The number of fused-ring (bicyclic) bond motifs is 1. The lowest BCUT2D eigenvalue weighted by Crippen LogP contribution is -2.37. The maximum atomic E-state index is 13.4. The fraction of sp³-hybridized carbons (Fsp3) is 0.519. The lowest BCUT2D eigenvalue weighted by molar-refractivity contribution is -0.118. The van der Waals surface area contributed by atoms with Crippen LogP contribution < -0.4 is 15.8 Å². The van der Waals surface area contributed by atoms with E-state index in [1.54, 1.807) is 11.8 Å². The molecule has 1 aromatic heterocycles. The first kappa shape index (κ1) is 24.6. The second-order valence-corrected chi connectivity index (χ2v) is 11.1. The number of anilines is 2. The third-order valence-electron chi connectivity index (χ3n) is 6.79. The molecule has 2 aromatic rings. The van der Waals surface area contributed by atoms with Crippen molar-refractivity contribution in [2.24, 2.45) is 5.41 Å². The highest BCUT2D eigenvalue weighted by atomic mass is 32.2. The van der Waals surface area contributed by atoms with E-state index < -0.39 is 5.92 Å². The van der Waals surface area contributed by atoms with Crippen LogP contribution in [0.3, 0.4) is 0 Å². The van der Waals surface area contributed by atoms with Crippen molar-refractivity contribution in [1.29, 1.82) is 0 Å². The third-order valence-corrected chi connectivity index (χ3v) is 7.75. The van der Waals surface area contributed by atoms with Crippen molar-refractivity contribution in [1.82, 2.24) is 9.97 Å². The average molecular weight is 481 g/mol. The Hall–Kier alpha value is -2.54. The molecule has 1 unspecified atom stereocenters. The monoisotopic (exact) mass is 480 g/mol. The van der Waals surface area contributed by atoms with E-state index >= 15 is 0 Å². The lowest BCUT2D eigenvalue weighted by atomic mass is 9.69. The molecule has 34 heavy (non-hydrogen) atoms. The molecule has 0 fully saturated rings. The molecule has 1 aliphatic heterocycles. The number of rotatable bonds is 8. The fourth-order valence-electron chi connectivity index (χ4n) is 5.07. The zero-order valence-electron chi connectivity index (χ0n) is 21.0. The van der Waals surface area contributed by atoms with E-state index in [1.807, 2.05) is 0 Å². The summed E-state index contributed by atoms with van der Waals surface area (Å²) >= 11 is 1.57. The molecule has 1 atom stereocenters. The first-order chi connectivity index (χ1) is 16.3. The van der Waals surface area contributed by atoms with Crippen LogP contribution in [0.5, 0.6) is 0 Å². The molecular weight excluding hydrogens is 444 g/mol. The van der Waals surface area contributed by atoms with Gasteiger partial charge in [-0.15, -0.1) is 0 Å². The number of nitrogens with one attached hydrogen (secondary N) is 2. The largest absolute Gasteiger partial charge is 0.372 e. The van der Waals surface area contributed by atoms with Crippen molar-refractivity contribution in [2.45, 2.75) is 71.4 Å². The normalized spacial score (nSPS) is 18.9. The van der Waals surface area contributed by atoms with Gasteiger partial charge in [0.25, 0.3) is 5.56 Å². The number of carbonyl (C=O) groups excluding carboxylic acids is 1. The number of hydrogen-bond donors (Lipinski definition) is 2. The molecule has 1 aliphatic carbocycles. The van der Waals surface area contributed by atoms with Crippen LogP contribution in [0, 0.1) is 5.41 Å². The number of aromatic nitrogens is 2. The predicted octanol–water partition coefficient (Wildman–Crippen LogP) is 5.71. The summed E-state index contributed by atoms with van der Waals surface area (Å²) in [7, 11) is 0. The van der Waals surface area contributed by atoms with Crippen molar-refractivity contribution in [3.63, 3.8) is 0 Å². The number of allylic oxidation sites excluding steroid dienone is 2. The van der Waals surface area contributed by atoms with E-state index in [1.165, 1.54) is 0 Å². The van der Waals surface area contributed by atoms with Crippen LogP contribution in [-0.2, 0) is 4.79 Å². The molecule has 2 aliphatic rings. The zero-order chi connectivity index (χ0) is 24.5. The number of ketones is 1. The Kier molecular flexibility index (Phi) is 7.22. The van der Waals surface area contributed by atoms with Crippen LogP contribution in [0.4, 0.5) is 11.5 Å². The van der Waals surface area contributed by atoms with E-state index in [0.29, 0.717) is 23.0 Å². The van der Waals surface area contributed by atoms with Gasteiger partial charge in [-0.1, -0.05) is 51.1 Å². The highest BCUT2D eigenvalue weighted by molar-refractivity contribution is 7.99. The van der Waals surface area contributed by atoms with Crippen LogP contribution in [0.2, 0.25) is 0 Å². The van der Waals surface area contributed by atoms with Crippen molar-refractivity contribution in [3.05, 3.63) is 57.0 Å². The Morgan fingerprint density at radius 1 is 1.09 bits per heavy atom. The van der Waals surface area contributed by atoms with E-state index in [0.717, 1.165) is 60.6 Å². The molecule has 2 N–H and O–H groups in total. The summed E-state index contributed by atoms with van der Waals surface area (Å²) in [6, 6.07) is 8.32. The molecule has 1 aromatic carbocycles. The number of nitrogens with zero attached hydrogens (tertiary/aromatic N) is 2. The number of benzene rings is 1. The molecule has 0 spiro atoms. The number of H-pyrrole nitrogens is 1. The number of hydrogen-bond acceptors (Lipinski definition) is 6.